The molecule has 0 N–H and O–H groups in total. The van der Waals surface area contributed by atoms with E-state index in [2.05, 4.69) is 4.74 Å². The topological polar surface area (TPSA) is 78.7 Å². The monoisotopic (exact) mass is 273 g/mol. The molecule has 0 aliphatic carbocycles. The first-order valence-electron chi connectivity index (χ1n) is 5.09. The highest BCUT2D eigenvalue weighted by molar-refractivity contribution is 6.33. The number of halogens is 1. The van der Waals surface area contributed by atoms with Crippen molar-refractivity contribution in [3.05, 3.63) is 32.8 Å². The molecular formula is C11H12ClNO5. The number of rotatable bonds is 4. The van der Waals surface area contributed by atoms with Crippen molar-refractivity contribution in [1.82, 2.24) is 0 Å². The summed E-state index contributed by atoms with van der Waals surface area (Å²) in [6.45, 7) is 3.46. The van der Waals surface area contributed by atoms with Gasteiger partial charge in [0.2, 0.25) is 0 Å². The first-order valence-corrected chi connectivity index (χ1v) is 5.47. The van der Waals surface area contributed by atoms with Gasteiger partial charge in [0.05, 0.1) is 28.7 Å². The van der Waals surface area contributed by atoms with E-state index in [0.717, 1.165) is 6.07 Å². The molecule has 98 valence electrons. The number of esters is 1. The van der Waals surface area contributed by atoms with E-state index < -0.39 is 10.9 Å². The van der Waals surface area contributed by atoms with Crippen molar-refractivity contribution in [1.29, 1.82) is 0 Å². The number of hydrogen-bond acceptors (Lipinski definition) is 5. The van der Waals surface area contributed by atoms with Crippen LogP contribution in [0, 0.1) is 10.1 Å². The van der Waals surface area contributed by atoms with Crippen LogP contribution < -0.4 is 4.74 Å². The summed E-state index contributed by atoms with van der Waals surface area (Å²) in [5, 5.41) is 11.0. The summed E-state index contributed by atoms with van der Waals surface area (Å²) in [5.74, 6) is -0.716. The van der Waals surface area contributed by atoms with Crippen LogP contribution >= 0.6 is 11.6 Å². The van der Waals surface area contributed by atoms with E-state index in [9.17, 15) is 14.9 Å². The number of ether oxygens (including phenoxy) is 2. The zero-order chi connectivity index (χ0) is 13.9. The summed E-state index contributed by atoms with van der Waals surface area (Å²) in [7, 11) is 1.17. The van der Waals surface area contributed by atoms with Crippen LogP contribution in [-0.2, 0) is 4.74 Å². The Morgan fingerprint density at radius 2 is 2.06 bits per heavy atom. The lowest BCUT2D eigenvalue weighted by molar-refractivity contribution is -0.386. The third-order valence-electron chi connectivity index (χ3n) is 2.01. The number of nitro benzene ring substituents is 1. The summed E-state index contributed by atoms with van der Waals surface area (Å²) in [6, 6.07) is 2.29. The number of hydrogen-bond donors (Lipinski definition) is 0. The van der Waals surface area contributed by atoms with E-state index in [1.807, 2.05) is 0 Å². The van der Waals surface area contributed by atoms with Crippen LogP contribution in [0.5, 0.6) is 5.75 Å². The van der Waals surface area contributed by atoms with Crippen molar-refractivity contribution in [2.75, 3.05) is 7.11 Å². The molecule has 1 aromatic rings. The largest absolute Gasteiger partial charge is 0.484 e. The maximum Gasteiger partial charge on any atom is 0.339 e. The number of carbonyl (C=O) groups excluding carboxylic acids is 1. The highest BCUT2D eigenvalue weighted by atomic mass is 35.5. The molecule has 7 heteroatoms. The predicted molar refractivity (Wildman–Crippen MR) is 65.2 cm³/mol. The molecule has 0 amide bonds. The van der Waals surface area contributed by atoms with E-state index in [0.29, 0.717) is 0 Å². The Balaban J connectivity index is 3.34. The summed E-state index contributed by atoms with van der Waals surface area (Å²) in [4.78, 5) is 21.6. The molecule has 6 nitrogen and oxygen atoms in total. The fourth-order valence-corrected chi connectivity index (χ4v) is 1.53. The van der Waals surface area contributed by atoms with Crippen molar-refractivity contribution < 1.29 is 19.2 Å². The molecule has 0 radical (unpaired) electrons. The average Bonchev–Trinajstić information content (AvgIpc) is 2.27. The number of nitrogens with zero attached hydrogens (tertiary/aromatic N) is 1. The van der Waals surface area contributed by atoms with Crippen LogP contribution in [0.1, 0.15) is 24.2 Å². The second kappa shape index (κ2) is 5.68. The molecule has 0 fully saturated rings. The fourth-order valence-electron chi connectivity index (χ4n) is 1.30. The minimum atomic E-state index is -0.737. The van der Waals surface area contributed by atoms with Crippen molar-refractivity contribution in [2.45, 2.75) is 20.0 Å². The van der Waals surface area contributed by atoms with Gasteiger partial charge < -0.3 is 9.47 Å². The standard InChI is InChI=1S/C11H12ClNO5/c1-6(2)18-10-5-8(12)7(11(14)17-3)4-9(10)13(15)16/h4-6H,1-3H3. The second-order valence-corrected chi connectivity index (χ2v) is 4.12. The van der Waals surface area contributed by atoms with E-state index in [1.54, 1.807) is 13.8 Å². The van der Waals surface area contributed by atoms with Crippen LogP contribution in [-0.4, -0.2) is 24.1 Å². The van der Waals surface area contributed by atoms with Crippen molar-refractivity contribution in [2.24, 2.45) is 0 Å². The lowest BCUT2D eigenvalue weighted by atomic mass is 10.2. The third kappa shape index (κ3) is 3.10. The highest BCUT2D eigenvalue weighted by Crippen LogP contribution is 2.34. The molecule has 0 bridgehead atoms. The molecule has 0 heterocycles. The van der Waals surface area contributed by atoms with Gasteiger partial charge in [0.25, 0.3) is 0 Å². The molecule has 0 saturated carbocycles. The van der Waals surface area contributed by atoms with E-state index in [4.69, 9.17) is 16.3 Å². The SMILES string of the molecule is COC(=O)c1cc([N+](=O)[O-])c(OC(C)C)cc1Cl. The predicted octanol–water partition coefficient (Wildman–Crippen LogP) is 2.82. The van der Waals surface area contributed by atoms with E-state index in [1.165, 1.54) is 13.2 Å². The summed E-state index contributed by atoms with van der Waals surface area (Å²) in [5.41, 5.74) is -0.393. The van der Waals surface area contributed by atoms with Crippen molar-refractivity contribution in [3.63, 3.8) is 0 Å². The summed E-state index contributed by atoms with van der Waals surface area (Å²) < 4.78 is 9.76. The Kier molecular flexibility index (Phi) is 4.49. The Bertz CT molecular complexity index is 487. The molecule has 18 heavy (non-hydrogen) atoms. The minimum Gasteiger partial charge on any atom is -0.484 e. The van der Waals surface area contributed by atoms with Gasteiger partial charge in [-0.3, -0.25) is 10.1 Å². The van der Waals surface area contributed by atoms with Gasteiger partial charge >= 0.3 is 11.7 Å². The summed E-state index contributed by atoms with van der Waals surface area (Å²) in [6.07, 6.45) is -0.247. The van der Waals surface area contributed by atoms with Crippen LogP contribution in [0.15, 0.2) is 12.1 Å². The Labute approximate surface area is 109 Å². The zero-order valence-electron chi connectivity index (χ0n) is 10.1. The maximum absolute atomic E-state index is 11.4. The first kappa shape index (κ1) is 14.2. The minimum absolute atomic E-state index is 0.0210. The second-order valence-electron chi connectivity index (χ2n) is 3.72. The lowest BCUT2D eigenvalue weighted by Crippen LogP contribution is -2.09. The van der Waals surface area contributed by atoms with E-state index in [-0.39, 0.29) is 28.1 Å². The number of nitro groups is 1. The number of carbonyl (C=O) groups is 1. The Morgan fingerprint density at radius 1 is 1.44 bits per heavy atom. The third-order valence-corrected chi connectivity index (χ3v) is 2.33. The highest BCUT2D eigenvalue weighted by Gasteiger charge is 2.23. The normalized spacial score (nSPS) is 10.3. The number of benzene rings is 1. The van der Waals surface area contributed by atoms with Crippen LogP contribution in [0.2, 0.25) is 5.02 Å². The molecular weight excluding hydrogens is 262 g/mol. The molecule has 1 aromatic carbocycles. The maximum atomic E-state index is 11.4. The zero-order valence-corrected chi connectivity index (χ0v) is 10.9. The lowest BCUT2D eigenvalue weighted by Gasteiger charge is -2.11. The molecule has 0 aliphatic heterocycles. The molecule has 0 atom stereocenters. The van der Waals surface area contributed by atoms with Gasteiger partial charge in [-0.1, -0.05) is 11.6 Å². The molecule has 0 saturated heterocycles. The molecule has 0 aromatic heterocycles. The van der Waals surface area contributed by atoms with Gasteiger partial charge in [0.15, 0.2) is 5.75 Å². The molecule has 0 unspecified atom stereocenters. The van der Waals surface area contributed by atoms with Gasteiger partial charge in [-0.15, -0.1) is 0 Å². The van der Waals surface area contributed by atoms with Gasteiger partial charge in [0, 0.05) is 12.1 Å². The van der Waals surface area contributed by atoms with Gasteiger partial charge in [-0.2, -0.15) is 0 Å². The summed E-state index contributed by atoms with van der Waals surface area (Å²) >= 11 is 5.86. The van der Waals surface area contributed by atoms with Crippen LogP contribution in [0.3, 0.4) is 0 Å². The molecule has 0 aliphatic rings. The number of methoxy groups -OCH3 is 1. The Morgan fingerprint density at radius 3 is 2.50 bits per heavy atom. The molecule has 1 rings (SSSR count). The van der Waals surface area contributed by atoms with Crippen molar-refractivity contribution in [3.8, 4) is 5.75 Å². The fraction of sp³-hybridized carbons (Fsp3) is 0.364. The Hall–Kier alpha value is -1.82. The van der Waals surface area contributed by atoms with Crippen molar-refractivity contribution >= 4 is 23.3 Å². The van der Waals surface area contributed by atoms with E-state index >= 15 is 0 Å². The smallest absolute Gasteiger partial charge is 0.339 e. The average molecular weight is 274 g/mol. The van der Waals surface area contributed by atoms with Crippen LogP contribution in [0.4, 0.5) is 5.69 Å². The van der Waals surface area contributed by atoms with Crippen LogP contribution in [0.25, 0.3) is 0 Å². The van der Waals surface area contributed by atoms with Gasteiger partial charge in [-0.05, 0) is 13.8 Å². The quantitative estimate of drug-likeness (QED) is 0.479. The van der Waals surface area contributed by atoms with Gasteiger partial charge in [0.1, 0.15) is 0 Å². The van der Waals surface area contributed by atoms with Gasteiger partial charge in [-0.25, -0.2) is 4.79 Å². The molecule has 0 spiro atoms. The first-order chi connectivity index (χ1) is 8.36.